The number of pyridine rings is 1. The average molecular weight is 649 g/mol. The largest absolute Gasteiger partial charge is 0.481 e. The van der Waals surface area contributed by atoms with E-state index >= 15 is 0 Å². The van der Waals surface area contributed by atoms with E-state index in [0.29, 0.717) is 25.6 Å². The number of carboxylic acid groups (broad SMARTS) is 1. The number of likely N-dealkylation sites (tertiary alicyclic amines) is 1. The van der Waals surface area contributed by atoms with Gasteiger partial charge >= 0.3 is 12.1 Å². The molecule has 1 amide bonds. The number of carboxylic acids is 1. The number of carbonyl (C=O) groups excluding carboxylic acids is 1. The molecule has 11 heteroatoms. The van der Waals surface area contributed by atoms with Crippen molar-refractivity contribution in [1.29, 1.82) is 0 Å². The molecule has 2 aliphatic heterocycles. The zero-order valence-corrected chi connectivity index (χ0v) is 27.8. The normalized spacial score (nSPS) is 25.6. The van der Waals surface area contributed by atoms with Crippen LogP contribution in [0.4, 0.5) is 13.2 Å². The van der Waals surface area contributed by atoms with Gasteiger partial charge in [-0.05, 0) is 60.6 Å². The van der Waals surface area contributed by atoms with E-state index in [-0.39, 0.29) is 30.4 Å². The van der Waals surface area contributed by atoms with E-state index in [9.17, 15) is 27.9 Å². The van der Waals surface area contributed by atoms with Crippen molar-refractivity contribution in [2.24, 2.45) is 17.3 Å². The van der Waals surface area contributed by atoms with Crippen LogP contribution in [0.1, 0.15) is 95.5 Å². The SMILES string of the molecule is CC[C@@]1(C(=O)O)[C@@H](C(C)(C)C)[C@H](OCc2cc(C(F)(F)F)cnc2OC)[C@H](c2ccccc2CC(C)C)N1C(=O)C1CCCCO1. The van der Waals surface area contributed by atoms with Crippen LogP contribution in [0.5, 0.6) is 5.88 Å². The average Bonchev–Trinajstić information content (AvgIpc) is 3.31. The summed E-state index contributed by atoms with van der Waals surface area (Å²) in [5, 5.41) is 11.2. The van der Waals surface area contributed by atoms with E-state index in [1.54, 1.807) is 6.92 Å². The quantitative estimate of drug-likeness (QED) is 0.290. The molecule has 0 bridgehead atoms. The van der Waals surface area contributed by atoms with Gasteiger partial charge in [0.2, 0.25) is 5.88 Å². The van der Waals surface area contributed by atoms with Gasteiger partial charge in [0.05, 0.1) is 31.4 Å². The lowest BCUT2D eigenvalue weighted by Crippen LogP contribution is -2.61. The molecule has 0 spiro atoms. The van der Waals surface area contributed by atoms with Crippen molar-refractivity contribution in [3.63, 3.8) is 0 Å². The summed E-state index contributed by atoms with van der Waals surface area (Å²) in [7, 11) is 1.31. The molecule has 0 saturated carbocycles. The highest BCUT2D eigenvalue weighted by molar-refractivity contribution is 5.91. The first kappa shape index (κ1) is 35.7. The van der Waals surface area contributed by atoms with Gasteiger partial charge in [-0.25, -0.2) is 9.78 Å². The van der Waals surface area contributed by atoms with Crippen molar-refractivity contribution in [1.82, 2.24) is 9.88 Å². The highest BCUT2D eigenvalue weighted by Crippen LogP contribution is 2.57. The second-order valence-corrected chi connectivity index (χ2v) is 13.9. The number of hydrogen-bond acceptors (Lipinski definition) is 6. The molecule has 2 saturated heterocycles. The zero-order chi connectivity index (χ0) is 34.0. The Labute approximate surface area is 269 Å². The number of aliphatic carboxylic acids is 1. The zero-order valence-electron chi connectivity index (χ0n) is 27.8. The molecule has 1 unspecified atom stereocenters. The second-order valence-electron chi connectivity index (χ2n) is 13.9. The van der Waals surface area contributed by atoms with Crippen molar-refractivity contribution in [2.75, 3.05) is 13.7 Å². The topological polar surface area (TPSA) is 98.2 Å². The number of amides is 1. The summed E-state index contributed by atoms with van der Waals surface area (Å²) in [4.78, 5) is 33.7. The first-order valence-corrected chi connectivity index (χ1v) is 16.1. The van der Waals surface area contributed by atoms with Crippen molar-refractivity contribution in [3.05, 3.63) is 58.8 Å². The predicted octanol–water partition coefficient (Wildman–Crippen LogP) is 7.24. The summed E-state index contributed by atoms with van der Waals surface area (Å²) in [6.07, 6.45) is -2.87. The van der Waals surface area contributed by atoms with Gasteiger partial charge in [0, 0.05) is 24.3 Å². The Morgan fingerprint density at radius 3 is 2.39 bits per heavy atom. The van der Waals surface area contributed by atoms with Gasteiger partial charge < -0.3 is 24.2 Å². The van der Waals surface area contributed by atoms with Crippen LogP contribution in [0, 0.1) is 17.3 Å². The third kappa shape index (κ3) is 6.90. The smallest absolute Gasteiger partial charge is 0.417 e. The van der Waals surface area contributed by atoms with Crippen LogP contribution in [-0.2, 0) is 38.3 Å². The fourth-order valence-electron chi connectivity index (χ4n) is 7.49. The van der Waals surface area contributed by atoms with E-state index < -0.39 is 58.7 Å². The molecule has 3 heterocycles. The van der Waals surface area contributed by atoms with Gasteiger partial charge in [0.15, 0.2) is 0 Å². The molecule has 0 aliphatic carbocycles. The molecule has 1 N–H and O–H groups in total. The van der Waals surface area contributed by atoms with E-state index in [0.717, 1.165) is 30.0 Å². The minimum absolute atomic E-state index is 0.0291. The molecule has 1 aromatic heterocycles. The van der Waals surface area contributed by atoms with E-state index in [2.05, 4.69) is 18.8 Å². The second kappa shape index (κ2) is 13.9. The number of rotatable bonds is 10. The van der Waals surface area contributed by atoms with Gasteiger partial charge in [-0.1, -0.05) is 65.8 Å². The van der Waals surface area contributed by atoms with Gasteiger partial charge in [-0.2, -0.15) is 13.2 Å². The highest BCUT2D eigenvalue weighted by Gasteiger charge is 2.68. The van der Waals surface area contributed by atoms with Crippen LogP contribution in [0.25, 0.3) is 0 Å². The Balaban J connectivity index is 1.97. The number of ether oxygens (including phenoxy) is 3. The number of alkyl halides is 3. The fourth-order valence-corrected chi connectivity index (χ4v) is 7.49. The lowest BCUT2D eigenvalue weighted by Gasteiger charge is -2.45. The van der Waals surface area contributed by atoms with Crippen LogP contribution in [0.3, 0.4) is 0 Å². The maximum Gasteiger partial charge on any atom is 0.417 e. The van der Waals surface area contributed by atoms with Crippen molar-refractivity contribution in [3.8, 4) is 5.88 Å². The summed E-state index contributed by atoms with van der Waals surface area (Å²) in [5.41, 5.74) is -1.61. The first-order chi connectivity index (χ1) is 21.6. The van der Waals surface area contributed by atoms with Crippen LogP contribution >= 0.6 is 0 Å². The molecule has 0 radical (unpaired) electrons. The number of carbonyl (C=O) groups is 2. The third-order valence-electron chi connectivity index (χ3n) is 9.28. The molecular formula is C35H47F3N2O6. The molecule has 1 aromatic carbocycles. The van der Waals surface area contributed by atoms with Crippen LogP contribution in [0.15, 0.2) is 36.5 Å². The monoisotopic (exact) mass is 648 g/mol. The Morgan fingerprint density at radius 1 is 1.15 bits per heavy atom. The Bertz CT molecular complexity index is 1390. The maximum absolute atomic E-state index is 14.7. The Kier molecular flexibility index (Phi) is 10.8. The van der Waals surface area contributed by atoms with Crippen LogP contribution < -0.4 is 4.74 Å². The minimum atomic E-state index is -4.64. The van der Waals surface area contributed by atoms with Gasteiger partial charge in [-0.15, -0.1) is 0 Å². The summed E-state index contributed by atoms with van der Waals surface area (Å²) < 4.78 is 59.0. The molecule has 4 rings (SSSR count). The first-order valence-electron chi connectivity index (χ1n) is 16.1. The Morgan fingerprint density at radius 2 is 1.85 bits per heavy atom. The molecule has 8 nitrogen and oxygen atoms in total. The lowest BCUT2D eigenvalue weighted by atomic mass is 9.66. The standard InChI is InChI=1S/C35H47F3N2O6/c1-8-34(32(42)43)29(33(4,5)6)28(46-20-23-18-24(35(36,37)38)19-39-30(23)44-7)27(25-14-10-9-13-22(25)17-21(2)3)40(34)31(41)26-15-11-12-16-45-26/h9-10,13-14,18-19,21,26-29H,8,11-12,15-17,20H2,1-7H3,(H,42,43)/t26?,27-,28+,29+,34-/m0/s1. The number of methoxy groups -OCH3 is 1. The van der Waals surface area contributed by atoms with Gasteiger partial charge in [-0.3, -0.25) is 4.79 Å². The van der Waals surface area contributed by atoms with Crippen molar-refractivity contribution < 1.29 is 42.1 Å². The number of aromatic nitrogens is 1. The number of benzene rings is 1. The van der Waals surface area contributed by atoms with E-state index in [1.165, 1.54) is 12.0 Å². The van der Waals surface area contributed by atoms with Crippen molar-refractivity contribution in [2.45, 2.75) is 110 Å². The highest BCUT2D eigenvalue weighted by atomic mass is 19.4. The number of halogens is 3. The molecule has 254 valence electrons. The van der Waals surface area contributed by atoms with Crippen molar-refractivity contribution >= 4 is 11.9 Å². The van der Waals surface area contributed by atoms with Gasteiger partial charge in [0.1, 0.15) is 11.6 Å². The molecule has 2 fully saturated rings. The Hall–Kier alpha value is -3.18. The predicted molar refractivity (Wildman–Crippen MR) is 166 cm³/mol. The van der Waals surface area contributed by atoms with E-state index in [4.69, 9.17) is 14.2 Å². The summed E-state index contributed by atoms with van der Waals surface area (Å²) >= 11 is 0. The van der Waals surface area contributed by atoms with E-state index in [1.807, 2.05) is 45.0 Å². The molecule has 46 heavy (non-hydrogen) atoms. The summed E-state index contributed by atoms with van der Waals surface area (Å²) in [6.45, 7) is 11.7. The van der Waals surface area contributed by atoms with Gasteiger partial charge in [0.25, 0.3) is 5.91 Å². The maximum atomic E-state index is 14.7. The minimum Gasteiger partial charge on any atom is -0.481 e. The fraction of sp³-hybridized carbons (Fsp3) is 0.629. The summed E-state index contributed by atoms with van der Waals surface area (Å²) in [6, 6.07) is 7.72. The van der Waals surface area contributed by atoms with Crippen LogP contribution in [-0.4, -0.2) is 58.3 Å². The molecule has 5 atom stereocenters. The molecule has 2 aromatic rings. The van der Waals surface area contributed by atoms with Crippen LogP contribution in [0.2, 0.25) is 0 Å². The molecular weight excluding hydrogens is 601 g/mol. The summed E-state index contributed by atoms with van der Waals surface area (Å²) in [5.74, 6) is -2.11. The number of nitrogens with zero attached hydrogens (tertiary/aromatic N) is 2. The molecule has 2 aliphatic rings. The lowest BCUT2D eigenvalue weighted by molar-refractivity contribution is -0.170. The number of hydrogen-bond donors (Lipinski definition) is 1. The third-order valence-corrected chi connectivity index (χ3v) is 9.28.